The summed E-state index contributed by atoms with van der Waals surface area (Å²) in [5.74, 6) is 0.176. The highest BCUT2D eigenvalue weighted by atomic mass is 16.1. The van der Waals surface area contributed by atoms with Gasteiger partial charge in [-0.15, -0.1) is 0 Å². The molecule has 1 aromatic carbocycles. The number of rotatable bonds is 3. The van der Waals surface area contributed by atoms with Crippen molar-refractivity contribution in [2.24, 2.45) is 11.3 Å². The summed E-state index contributed by atoms with van der Waals surface area (Å²) in [6, 6.07) is 6.92. The minimum atomic E-state index is -0.0799. The van der Waals surface area contributed by atoms with Crippen LogP contribution in [0.25, 0.3) is 0 Å². The average Bonchev–Trinajstić information content (AvgIpc) is 2.30. The third-order valence-electron chi connectivity index (χ3n) is 3.41. The molecular formula is C15H21N3O. The van der Waals surface area contributed by atoms with Crippen molar-refractivity contribution in [3.05, 3.63) is 23.8 Å². The van der Waals surface area contributed by atoms with E-state index >= 15 is 0 Å². The molecule has 0 saturated carbocycles. The van der Waals surface area contributed by atoms with Gasteiger partial charge in [-0.3, -0.25) is 4.79 Å². The predicted molar refractivity (Wildman–Crippen MR) is 77.4 cm³/mol. The number of amides is 1. The van der Waals surface area contributed by atoms with Crippen molar-refractivity contribution in [2.75, 3.05) is 11.1 Å². The van der Waals surface area contributed by atoms with Crippen LogP contribution in [0.5, 0.6) is 0 Å². The number of anilines is 2. The first kappa shape index (κ1) is 15.0. The summed E-state index contributed by atoms with van der Waals surface area (Å²) in [5, 5.41) is 11.8. The van der Waals surface area contributed by atoms with Gasteiger partial charge in [0.15, 0.2) is 0 Å². The number of hydrogen-bond acceptors (Lipinski definition) is 3. The van der Waals surface area contributed by atoms with E-state index in [1.807, 2.05) is 13.0 Å². The monoisotopic (exact) mass is 259 g/mol. The highest BCUT2D eigenvalue weighted by molar-refractivity contribution is 5.92. The highest BCUT2D eigenvalue weighted by Gasteiger charge is 2.22. The zero-order valence-electron chi connectivity index (χ0n) is 11.9. The minimum absolute atomic E-state index is 0.0799. The number of carbonyl (C=O) groups excluding carboxylic acids is 1. The molecule has 4 nitrogen and oxygen atoms in total. The van der Waals surface area contributed by atoms with Crippen LogP contribution in [0.1, 0.15) is 39.7 Å². The Hall–Kier alpha value is -2.02. The summed E-state index contributed by atoms with van der Waals surface area (Å²) < 4.78 is 0. The zero-order valence-corrected chi connectivity index (χ0v) is 11.9. The summed E-state index contributed by atoms with van der Waals surface area (Å²) in [5.41, 5.74) is 7.10. The fourth-order valence-electron chi connectivity index (χ4n) is 1.55. The third-order valence-corrected chi connectivity index (χ3v) is 3.41. The molecule has 102 valence electrons. The summed E-state index contributed by atoms with van der Waals surface area (Å²) in [7, 11) is 0. The lowest BCUT2D eigenvalue weighted by atomic mass is 9.80. The molecule has 0 aliphatic rings. The number of benzene rings is 1. The normalized spacial score (nSPS) is 12.6. The molecule has 0 aromatic heterocycles. The summed E-state index contributed by atoms with van der Waals surface area (Å²) >= 11 is 0. The lowest BCUT2D eigenvalue weighted by Gasteiger charge is -2.26. The molecule has 3 N–H and O–H groups in total. The van der Waals surface area contributed by atoms with Crippen molar-refractivity contribution in [3.63, 3.8) is 0 Å². The summed E-state index contributed by atoms with van der Waals surface area (Å²) in [4.78, 5) is 12.0. The molecular weight excluding hydrogens is 238 g/mol. The maximum Gasteiger partial charge on any atom is 0.224 e. The van der Waals surface area contributed by atoms with Crippen LogP contribution in [0.15, 0.2) is 18.2 Å². The van der Waals surface area contributed by atoms with Crippen LogP contribution in [0, 0.1) is 22.7 Å². The molecule has 1 amide bonds. The number of nitrogens with two attached hydrogens (primary N) is 1. The van der Waals surface area contributed by atoms with Crippen molar-refractivity contribution in [1.29, 1.82) is 5.26 Å². The molecule has 0 saturated heterocycles. The number of nitrogens with one attached hydrogen (secondary N) is 1. The molecule has 1 rings (SSSR count). The first-order valence-electron chi connectivity index (χ1n) is 6.33. The van der Waals surface area contributed by atoms with Gasteiger partial charge in [0.25, 0.3) is 0 Å². The number of hydrogen-bond donors (Lipinski definition) is 2. The SMILES string of the molecule is CC(CC(=O)Nc1ccc(N)cc1C#N)C(C)(C)C. The van der Waals surface area contributed by atoms with Crippen LogP contribution in [-0.2, 0) is 4.79 Å². The molecule has 0 aliphatic carbocycles. The number of carbonyl (C=O) groups is 1. The van der Waals surface area contributed by atoms with E-state index in [0.717, 1.165) is 0 Å². The second-order valence-corrected chi connectivity index (χ2v) is 5.94. The van der Waals surface area contributed by atoms with Crippen molar-refractivity contribution >= 4 is 17.3 Å². The molecule has 1 unspecified atom stereocenters. The lowest BCUT2D eigenvalue weighted by Crippen LogP contribution is -2.24. The maximum atomic E-state index is 12.0. The minimum Gasteiger partial charge on any atom is -0.399 e. The van der Waals surface area contributed by atoms with Crippen LogP contribution in [0.2, 0.25) is 0 Å². The molecule has 0 radical (unpaired) electrons. The first-order chi connectivity index (χ1) is 8.74. The van der Waals surface area contributed by atoms with E-state index in [2.05, 4.69) is 26.1 Å². The van der Waals surface area contributed by atoms with Crippen molar-refractivity contribution in [3.8, 4) is 6.07 Å². The Morgan fingerprint density at radius 1 is 1.47 bits per heavy atom. The van der Waals surface area contributed by atoms with Gasteiger partial charge in [-0.2, -0.15) is 5.26 Å². The zero-order chi connectivity index (χ0) is 14.6. The Morgan fingerprint density at radius 3 is 2.63 bits per heavy atom. The maximum absolute atomic E-state index is 12.0. The number of nitrogens with zero attached hydrogens (tertiary/aromatic N) is 1. The van der Waals surface area contributed by atoms with Gasteiger partial charge in [0.2, 0.25) is 5.91 Å². The van der Waals surface area contributed by atoms with Crippen molar-refractivity contribution in [1.82, 2.24) is 0 Å². The fourth-order valence-corrected chi connectivity index (χ4v) is 1.55. The molecule has 19 heavy (non-hydrogen) atoms. The van der Waals surface area contributed by atoms with Crippen molar-refractivity contribution in [2.45, 2.75) is 34.1 Å². The number of nitriles is 1. The topological polar surface area (TPSA) is 78.9 Å². The van der Waals surface area contributed by atoms with Crippen LogP contribution in [-0.4, -0.2) is 5.91 Å². The van der Waals surface area contributed by atoms with Gasteiger partial charge < -0.3 is 11.1 Å². The summed E-state index contributed by atoms with van der Waals surface area (Å²) in [6.45, 7) is 8.37. The molecule has 0 heterocycles. The van der Waals surface area contributed by atoms with Gasteiger partial charge in [-0.1, -0.05) is 27.7 Å². The first-order valence-corrected chi connectivity index (χ1v) is 6.33. The standard InChI is InChI=1S/C15H21N3O/c1-10(15(2,3)4)7-14(19)18-13-6-5-12(17)8-11(13)9-16/h5-6,8,10H,7,17H2,1-4H3,(H,18,19). The Bertz CT molecular complexity index is 509. The van der Waals surface area contributed by atoms with Crippen LogP contribution in [0.3, 0.4) is 0 Å². The van der Waals surface area contributed by atoms with E-state index < -0.39 is 0 Å². The highest BCUT2D eigenvalue weighted by Crippen LogP contribution is 2.28. The molecule has 4 heteroatoms. The second kappa shape index (κ2) is 5.75. The van der Waals surface area contributed by atoms with Gasteiger partial charge in [-0.25, -0.2) is 0 Å². The molecule has 0 aliphatic heterocycles. The van der Waals surface area contributed by atoms with Crippen molar-refractivity contribution < 1.29 is 4.79 Å². The van der Waals surface area contributed by atoms with Gasteiger partial charge in [0.1, 0.15) is 6.07 Å². The Morgan fingerprint density at radius 2 is 2.11 bits per heavy atom. The van der Waals surface area contributed by atoms with E-state index in [0.29, 0.717) is 23.4 Å². The third kappa shape index (κ3) is 4.29. The largest absolute Gasteiger partial charge is 0.399 e. The van der Waals surface area contributed by atoms with E-state index in [4.69, 9.17) is 11.0 Å². The quantitative estimate of drug-likeness (QED) is 0.818. The fraction of sp³-hybridized carbons (Fsp3) is 0.467. The van der Waals surface area contributed by atoms with Gasteiger partial charge in [0, 0.05) is 12.1 Å². The Labute approximate surface area is 114 Å². The Kier molecular flexibility index (Phi) is 4.55. The molecule has 1 aromatic rings. The van der Waals surface area contributed by atoms with E-state index in [1.54, 1.807) is 18.2 Å². The average molecular weight is 259 g/mol. The van der Waals surface area contributed by atoms with E-state index in [-0.39, 0.29) is 17.2 Å². The smallest absolute Gasteiger partial charge is 0.224 e. The van der Waals surface area contributed by atoms with E-state index in [9.17, 15) is 4.79 Å². The molecule has 0 bridgehead atoms. The Balaban J connectivity index is 2.76. The van der Waals surface area contributed by atoms with E-state index in [1.165, 1.54) is 0 Å². The summed E-state index contributed by atoms with van der Waals surface area (Å²) in [6.07, 6.45) is 0.429. The predicted octanol–water partition coefficient (Wildman–Crippen LogP) is 3.15. The van der Waals surface area contributed by atoms with Gasteiger partial charge in [-0.05, 0) is 29.5 Å². The lowest BCUT2D eigenvalue weighted by molar-refractivity contribution is -0.117. The van der Waals surface area contributed by atoms with Crippen LogP contribution < -0.4 is 11.1 Å². The number of nitrogen functional groups attached to an aromatic ring is 1. The molecule has 1 atom stereocenters. The van der Waals surface area contributed by atoms with Gasteiger partial charge in [0.05, 0.1) is 11.3 Å². The molecule has 0 fully saturated rings. The molecule has 0 spiro atoms. The van der Waals surface area contributed by atoms with Crippen LogP contribution in [0.4, 0.5) is 11.4 Å². The van der Waals surface area contributed by atoms with Gasteiger partial charge >= 0.3 is 0 Å². The second-order valence-electron chi connectivity index (χ2n) is 5.94. The van der Waals surface area contributed by atoms with Crippen LogP contribution >= 0.6 is 0 Å².